The number of amides is 1. The molecule has 0 heterocycles. The molecule has 0 spiro atoms. The minimum absolute atomic E-state index is 0.0566. The third kappa shape index (κ3) is 6.94. The molecular formula is C22H23N3O6S. The largest absolute Gasteiger partial charge is 0.479 e. The normalized spacial score (nSPS) is 11.2. The van der Waals surface area contributed by atoms with Gasteiger partial charge in [0.1, 0.15) is 11.8 Å². The van der Waals surface area contributed by atoms with Crippen molar-refractivity contribution in [3.05, 3.63) is 59.7 Å². The predicted octanol–water partition coefficient (Wildman–Crippen LogP) is 2.34. The van der Waals surface area contributed by atoms with Gasteiger partial charge in [0, 0.05) is 25.9 Å². The molecule has 0 atom stereocenters. The molecule has 168 valence electrons. The molecule has 0 unspecified atom stereocenters. The summed E-state index contributed by atoms with van der Waals surface area (Å²) in [6.07, 6.45) is 2.68. The van der Waals surface area contributed by atoms with E-state index in [0.717, 1.165) is 4.31 Å². The molecule has 0 bridgehead atoms. The van der Waals surface area contributed by atoms with Crippen LogP contribution >= 0.6 is 0 Å². The predicted molar refractivity (Wildman–Crippen MR) is 118 cm³/mol. The van der Waals surface area contributed by atoms with E-state index >= 15 is 0 Å². The summed E-state index contributed by atoms with van der Waals surface area (Å²) in [7, 11) is -0.826. The molecule has 0 saturated heterocycles. The number of sulfonamides is 1. The van der Waals surface area contributed by atoms with Crippen molar-refractivity contribution in [3.8, 4) is 11.8 Å². The van der Waals surface area contributed by atoms with Crippen molar-refractivity contribution in [2.45, 2.75) is 11.8 Å². The van der Waals surface area contributed by atoms with Crippen LogP contribution in [0.25, 0.3) is 6.08 Å². The molecule has 0 aliphatic heterocycles. The number of ether oxygens (including phenoxy) is 2. The summed E-state index contributed by atoms with van der Waals surface area (Å²) in [5.74, 6) is -0.798. The van der Waals surface area contributed by atoms with Crippen molar-refractivity contribution in [1.82, 2.24) is 4.31 Å². The van der Waals surface area contributed by atoms with Crippen LogP contribution in [0.4, 0.5) is 5.69 Å². The number of rotatable bonds is 9. The first-order valence-electron chi connectivity index (χ1n) is 9.41. The van der Waals surface area contributed by atoms with E-state index in [1.54, 1.807) is 43.3 Å². The lowest BCUT2D eigenvalue weighted by Crippen LogP contribution is -2.24. The fourth-order valence-corrected chi connectivity index (χ4v) is 3.63. The van der Waals surface area contributed by atoms with Gasteiger partial charge in [0.05, 0.1) is 4.90 Å². The van der Waals surface area contributed by atoms with E-state index in [-0.39, 0.29) is 17.2 Å². The van der Waals surface area contributed by atoms with E-state index in [9.17, 15) is 18.0 Å². The third-order valence-corrected chi connectivity index (χ3v) is 6.13. The third-order valence-electron chi connectivity index (χ3n) is 4.17. The van der Waals surface area contributed by atoms with E-state index in [1.165, 1.54) is 32.3 Å². The van der Waals surface area contributed by atoms with Gasteiger partial charge in [0.25, 0.3) is 5.91 Å². The molecule has 2 aromatic carbocycles. The second-order valence-corrected chi connectivity index (χ2v) is 8.89. The molecule has 2 aromatic rings. The van der Waals surface area contributed by atoms with Gasteiger partial charge in [-0.3, -0.25) is 4.79 Å². The summed E-state index contributed by atoms with van der Waals surface area (Å²) < 4.78 is 35.9. The fraction of sp³-hybridized carbons (Fsp3) is 0.227. The molecule has 0 radical (unpaired) electrons. The van der Waals surface area contributed by atoms with Crippen molar-refractivity contribution in [2.24, 2.45) is 0 Å². The van der Waals surface area contributed by atoms with Crippen molar-refractivity contribution in [3.63, 3.8) is 0 Å². The Hall–Kier alpha value is -3.68. The van der Waals surface area contributed by atoms with Crippen LogP contribution in [-0.4, -0.2) is 51.9 Å². The van der Waals surface area contributed by atoms with Crippen molar-refractivity contribution in [2.75, 3.05) is 32.6 Å². The molecular weight excluding hydrogens is 434 g/mol. The molecule has 32 heavy (non-hydrogen) atoms. The highest BCUT2D eigenvalue weighted by Crippen LogP contribution is 2.22. The maximum absolute atomic E-state index is 12.4. The highest BCUT2D eigenvalue weighted by atomic mass is 32.2. The second kappa shape index (κ2) is 11.1. The molecule has 0 aromatic heterocycles. The van der Waals surface area contributed by atoms with Crippen molar-refractivity contribution >= 4 is 33.7 Å². The van der Waals surface area contributed by atoms with Crippen molar-refractivity contribution in [1.29, 1.82) is 5.26 Å². The van der Waals surface area contributed by atoms with Crippen LogP contribution in [0.5, 0.6) is 5.75 Å². The summed E-state index contributed by atoms with van der Waals surface area (Å²) in [5.41, 5.74) is 1.51. The lowest BCUT2D eigenvalue weighted by atomic mass is 10.2. The quantitative estimate of drug-likeness (QED) is 0.452. The zero-order valence-corrected chi connectivity index (χ0v) is 18.7. The molecule has 0 fully saturated rings. The Morgan fingerprint density at radius 2 is 1.84 bits per heavy atom. The lowest BCUT2D eigenvalue weighted by Gasteiger charge is -2.15. The number of nitrogens with one attached hydrogen (secondary N) is 1. The summed E-state index contributed by atoms with van der Waals surface area (Å²) >= 11 is 0. The maximum Gasteiger partial charge on any atom is 0.331 e. The Morgan fingerprint density at radius 3 is 2.47 bits per heavy atom. The van der Waals surface area contributed by atoms with Gasteiger partial charge >= 0.3 is 5.97 Å². The molecule has 0 aliphatic rings. The second-order valence-electron chi connectivity index (χ2n) is 6.77. The van der Waals surface area contributed by atoms with Gasteiger partial charge in [0.2, 0.25) is 10.0 Å². The number of carbonyl (C=O) groups is 2. The first-order valence-corrected chi connectivity index (χ1v) is 10.8. The number of nitrogens with zero attached hydrogens (tertiary/aromatic N) is 2. The first kappa shape index (κ1) is 24.6. The Balaban J connectivity index is 1.91. The zero-order valence-electron chi connectivity index (χ0n) is 17.9. The van der Waals surface area contributed by atoms with Gasteiger partial charge in [-0.15, -0.1) is 0 Å². The Kier molecular flexibility index (Phi) is 8.52. The molecule has 10 heteroatoms. The molecule has 1 N–H and O–H groups in total. The zero-order chi connectivity index (χ0) is 23.7. The van der Waals surface area contributed by atoms with Crippen LogP contribution in [0.15, 0.2) is 53.4 Å². The number of carbonyl (C=O) groups excluding carboxylic acids is 2. The van der Waals surface area contributed by atoms with E-state index in [0.29, 0.717) is 16.9 Å². The lowest BCUT2D eigenvalue weighted by molar-refractivity contribution is -0.142. The SMILES string of the molecule is Cc1ccc(NC(=O)COC(=O)/C=C/c2ccc(OCC#N)cc2)cc1S(=O)(=O)N(C)C. The number of benzene rings is 2. The van der Waals surface area contributed by atoms with Gasteiger partial charge in [-0.1, -0.05) is 18.2 Å². The standard InChI is InChI=1S/C22H23N3O6S/c1-16-4-8-18(14-20(16)32(28,29)25(2)3)24-21(26)15-31-22(27)11-7-17-5-9-19(10-6-17)30-13-12-23/h4-11,14H,13,15H2,1-3H3,(H,24,26)/b11-7+. The van der Waals surface area contributed by atoms with Gasteiger partial charge in [-0.2, -0.15) is 5.26 Å². The maximum atomic E-state index is 12.4. The Labute approximate surface area is 186 Å². The van der Waals surface area contributed by atoms with Crippen LogP contribution in [-0.2, 0) is 24.3 Å². The Bertz CT molecular complexity index is 1150. The molecule has 0 saturated carbocycles. The summed E-state index contributed by atoms with van der Waals surface area (Å²) in [6, 6.07) is 13.1. The number of aryl methyl sites for hydroxylation is 1. The Morgan fingerprint density at radius 1 is 1.16 bits per heavy atom. The molecule has 9 nitrogen and oxygen atoms in total. The van der Waals surface area contributed by atoms with E-state index in [2.05, 4.69) is 5.32 Å². The number of hydrogen-bond acceptors (Lipinski definition) is 7. The number of anilines is 1. The summed E-state index contributed by atoms with van der Waals surface area (Å²) in [6.45, 7) is 1.07. The fourth-order valence-electron chi connectivity index (χ4n) is 2.49. The van der Waals surface area contributed by atoms with Gasteiger partial charge in [0.15, 0.2) is 13.2 Å². The molecule has 2 rings (SSSR count). The minimum Gasteiger partial charge on any atom is -0.479 e. The summed E-state index contributed by atoms with van der Waals surface area (Å²) in [4.78, 5) is 24.0. The van der Waals surface area contributed by atoms with Crippen LogP contribution in [0.1, 0.15) is 11.1 Å². The van der Waals surface area contributed by atoms with Gasteiger partial charge in [-0.25, -0.2) is 17.5 Å². The van der Waals surface area contributed by atoms with Gasteiger partial charge < -0.3 is 14.8 Å². The number of nitriles is 1. The van der Waals surface area contributed by atoms with E-state index in [1.807, 2.05) is 6.07 Å². The number of hydrogen-bond donors (Lipinski definition) is 1. The van der Waals surface area contributed by atoms with Crippen LogP contribution in [0.3, 0.4) is 0 Å². The van der Waals surface area contributed by atoms with E-state index in [4.69, 9.17) is 14.7 Å². The highest BCUT2D eigenvalue weighted by Gasteiger charge is 2.20. The topological polar surface area (TPSA) is 126 Å². The van der Waals surface area contributed by atoms with Crippen LogP contribution in [0, 0.1) is 18.3 Å². The number of esters is 1. The van der Waals surface area contributed by atoms with E-state index < -0.39 is 28.5 Å². The van der Waals surface area contributed by atoms with Crippen LogP contribution in [0.2, 0.25) is 0 Å². The van der Waals surface area contributed by atoms with Gasteiger partial charge in [-0.05, 0) is 48.4 Å². The monoisotopic (exact) mass is 457 g/mol. The van der Waals surface area contributed by atoms with Crippen LogP contribution < -0.4 is 10.1 Å². The first-order chi connectivity index (χ1) is 15.1. The highest BCUT2D eigenvalue weighted by molar-refractivity contribution is 7.89. The smallest absolute Gasteiger partial charge is 0.331 e. The average molecular weight is 458 g/mol. The molecule has 1 amide bonds. The minimum atomic E-state index is -3.67. The van der Waals surface area contributed by atoms with Crippen molar-refractivity contribution < 1.29 is 27.5 Å². The molecule has 0 aliphatic carbocycles. The average Bonchev–Trinajstić information content (AvgIpc) is 2.76. The summed E-state index contributed by atoms with van der Waals surface area (Å²) in [5, 5.41) is 11.0.